The smallest absolute Gasteiger partial charge is 0.248 e. The highest BCUT2D eigenvalue weighted by Gasteiger charge is 2.53. The molecule has 1 aliphatic heterocycles. The summed E-state index contributed by atoms with van der Waals surface area (Å²) in [6.07, 6.45) is -2.53. The molecule has 2 saturated carbocycles. The van der Waals surface area contributed by atoms with Gasteiger partial charge in [0.25, 0.3) is 0 Å². The molecular formula is C29H33F5N4O6S. The number of benzene rings is 1. The van der Waals surface area contributed by atoms with Crippen molar-refractivity contribution in [1.82, 2.24) is 20.2 Å². The van der Waals surface area contributed by atoms with Crippen molar-refractivity contribution in [2.24, 2.45) is 0 Å². The molecule has 1 aromatic carbocycles. The van der Waals surface area contributed by atoms with Gasteiger partial charge in [-0.2, -0.15) is 0 Å². The zero-order valence-electron chi connectivity index (χ0n) is 24.1. The second kappa shape index (κ2) is 12.2. The number of alkyl halides is 2. The lowest BCUT2D eigenvalue weighted by Crippen LogP contribution is -2.55. The fraction of sp³-hybridized carbons (Fsp3) is 0.621. The summed E-state index contributed by atoms with van der Waals surface area (Å²) in [5.41, 5.74) is -2.08. The van der Waals surface area contributed by atoms with Crippen LogP contribution in [0.25, 0.3) is 11.3 Å². The van der Waals surface area contributed by atoms with Crippen LogP contribution >= 0.6 is 11.8 Å². The Morgan fingerprint density at radius 2 is 1.73 bits per heavy atom. The summed E-state index contributed by atoms with van der Waals surface area (Å²) in [5.74, 6) is -6.65. The third-order valence-corrected chi connectivity index (χ3v) is 10.5. The van der Waals surface area contributed by atoms with Crippen molar-refractivity contribution < 1.29 is 51.6 Å². The van der Waals surface area contributed by atoms with Crippen LogP contribution in [0.1, 0.15) is 79.7 Å². The number of rotatable bonds is 9. The molecule has 2 aromatic heterocycles. The lowest BCUT2D eigenvalue weighted by Gasteiger charge is -2.46. The molecule has 3 fully saturated rings. The number of aliphatic hydroxyl groups is 4. The number of thioether (sulfide) groups is 1. The van der Waals surface area contributed by atoms with E-state index in [1.807, 2.05) is 6.92 Å². The highest BCUT2D eigenvalue weighted by molar-refractivity contribution is 8.00. The van der Waals surface area contributed by atoms with Gasteiger partial charge in [0.05, 0.1) is 23.7 Å². The van der Waals surface area contributed by atoms with E-state index in [-0.39, 0.29) is 30.0 Å². The molecule has 2 aliphatic carbocycles. The summed E-state index contributed by atoms with van der Waals surface area (Å²) in [5, 5.41) is 55.7. The molecule has 1 saturated heterocycles. The van der Waals surface area contributed by atoms with Crippen LogP contribution in [0.2, 0.25) is 0 Å². The number of aliphatic hydroxyl groups excluding tert-OH is 3. The van der Waals surface area contributed by atoms with Gasteiger partial charge in [-0.25, -0.2) is 26.6 Å². The maximum atomic E-state index is 14.2. The quantitative estimate of drug-likeness (QED) is 0.195. The van der Waals surface area contributed by atoms with Gasteiger partial charge in [-0.3, -0.25) is 0 Å². The van der Waals surface area contributed by atoms with E-state index < -0.39 is 83.5 Å². The Morgan fingerprint density at radius 3 is 2.33 bits per heavy atom. The highest BCUT2D eigenvalue weighted by atomic mass is 32.2. The number of nitrogens with zero attached hydrogens (tertiary/aromatic N) is 4. The van der Waals surface area contributed by atoms with Gasteiger partial charge in [-0.05, 0) is 44.2 Å². The first-order chi connectivity index (χ1) is 21.4. The van der Waals surface area contributed by atoms with E-state index in [0.29, 0.717) is 17.9 Å². The van der Waals surface area contributed by atoms with Crippen LogP contribution in [0, 0.1) is 17.5 Å². The molecule has 3 heterocycles. The molecule has 0 radical (unpaired) electrons. The number of hydrogen-bond donors (Lipinski definition) is 4. The van der Waals surface area contributed by atoms with Crippen molar-refractivity contribution >= 4 is 11.8 Å². The lowest BCUT2D eigenvalue weighted by molar-refractivity contribution is -0.179. The molecule has 6 atom stereocenters. The van der Waals surface area contributed by atoms with Crippen LogP contribution in [0.5, 0.6) is 0 Å². The van der Waals surface area contributed by atoms with Crippen molar-refractivity contribution in [3.63, 3.8) is 0 Å². The van der Waals surface area contributed by atoms with Crippen LogP contribution in [0.15, 0.2) is 22.9 Å². The fourth-order valence-electron chi connectivity index (χ4n) is 6.20. The van der Waals surface area contributed by atoms with E-state index in [1.165, 1.54) is 6.20 Å². The molecular weight excluding hydrogens is 627 g/mol. The average molecular weight is 661 g/mol. The van der Waals surface area contributed by atoms with E-state index in [2.05, 4.69) is 15.5 Å². The van der Waals surface area contributed by atoms with Crippen LogP contribution in [0.4, 0.5) is 22.0 Å². The zero-order valence-corrected chi connectivity index (χ0v) is 24.9. The molecule has 45 heavy (non-hydrogen) atoms. The molecule has 10 nitrogen and oxygen atoms in total. The first-order valence-corrected chi connectivity index (χ1v) is 15.7. The number of hydrogen-bond acceptors (Lipinski definition) is 10. The predicted octanol–water partition coefficient (Wildman–Crippen LogP) is 4.19. The summed E-state index contributed by atoms with van der Waals surface area (Å²) in [6.45, 7) is 1.21. The minimum Gasteiger partial charge on any atom is -0.394 e. The zero-order chi connectivity index (χ0) is 32.3. The van der Waals surface area contributed by atoms with Crippen LogP contribution in [-0.2, 0) is 11.2 Å². The van der Waals surface area contributed by atoms with Crippen LogP contribution < -0.4 is 0 Å². The van der Waals surface area contributed by atoms with Crippen molar-refractivity contribution in [1.29, 1.82) is 0 Å². The summed E-state index contributed by atoms with van der Waals surface area (Å²) in [7, 11) is 0. The van der Waals surface area contributed by atoms with Crippen LogP contribution in [-0.4, -0.2) is 82.5 Å². The normalized spacial score (nSPS) is 28.7. The van der Waals surface area contributed by atoms with Gasteiger partial charge < -0.3 is 29.7 Å². The molecule has 0 bridgehead atoms. The van der Waals surface area contributed by atoms with Gasteiger partial charge in [-0.1, -0.05) is 17.3 Å². The molecule has 6 rings (SSSR count). The maximum absolute atomic E-state index is 14.2. The van der Waals surface area contributed by atoms with E-state index in [4.69, 9.17) is 9.26 Å². The molecule has 3 aromatic rings. The Morgan fingerprint density at radius 1 is 1.07 bits per heavy atom. The van der Waals surface area contributed by atoms with Crippen molar-refractivity contribution in [2.45, 2.75) is 104 Å². The van der Waals surface area contributed by atoms with E-state index >= 15 is 0 Å². The molecule has 0 amide bonds. The standard InChI is InChI=1S/C29H33F5N4O6S/c1-2-15-21(36-44-25(15)13-3-4-13)26(28(42)5-7-29(33,34)8-6-28)45-27-24(41)22(23(40)19(12-39)43-27)38-11-18(35-37-38)14-9-16(30)20(32)17(31)10-14/h9-11,13,19,22-24,26-27,39-42H,2-8,12H2,1H3/t19-,22+,23+,24-,26-,27+/m1/s1. The van der Waals surface area contributed by atoms with E-state index in [1.54, 1.807) is 0 Å². The monoisotopic (exact) mass is 660 g/mol. The Labute approximate surface area is 258 Å². The third kappa shape index (κ3) is 6.12. The minimum atomic E-state index is -2.95. The Bertz CT molecular complexity index is 1500. The molecule has 4 N–H and O–H groups in total. The number of ether oxygens (including phenoxy) is 1. The van der Waals surface area contributed by atoms with E-state index in [9.17, 15) is 42.4 Å². The SMILES string of the molecule is CCc1c([C@@H](S[C@@H]2O[C@H](CO)[C@H](O)[C@H](n3cc(-c4cc(F)c(F)c(F)c4)nn3)[C@H]2O)C2(O)CCC(F)(F)CC2)noc1C1CC1. The second-order valence-corrected chi connectivity index (χ2v) is 13.3. The number of aromatic nitrogens is 4. The van der Waals surface area contributed by atoms with Crippen molar-refractivity contribution in [2.75, 3.05) is 6.61 Å². The van der Waals surface area contributed by atoms with Crippen LogP contribution in [0.3, 0.4) is 0 Å². The first-order valence-electron chi connectivity index (χ1n) is 14.8. The molecule has 0 spiro atoms. The predicted molar refractivity (Wildman–Crippen MR) is 149 cm³/mol. The van der Waals surface area contributed by atoms with Gasteiger partial charge >= 0.3 is 0 Å². The third-order valence-electron chi connectivity index (χ3n) is 8.95. The van der Waals surface area contributed by atoms with Gasteiger partial charge in [0.2, 0.25) is 5.92 Å². The summed E-state index contributed by atoms with van der Waals surface area (Å²) in [6, 6.07) is 0.120. The number of halogens is 5. The molecule has 3 aliphatic rings. The van der Waals surface area contributed by atoms with Crippen molar-refractivity contribution in [3.05, 3.63) is 52.8 Å². The van der Waals surface area contributed by atoms with E-state index in [0.717, 1.165) is 47.0 Å². The fourth-order valence-corrected chi connectivity index (χ4v) is 7.80. The maximum Gasteiger partial charge on any atom is 0.248 e. The highest BCUT2D eigenvalue weighted by Crippen LogP contribution is 2.54. The minimum absolute atomic E-state index is 0.0958. The molecule has 0 unspecified atom stereocenters. The van der Waals surface area contributed by atoms with Gasteiger partial charge in [0.15, 0.2) is 17.5 Å². The Hall–Kier alpha value is -2.63. The first kappa shape index (κ1) is 32.3. The average Bonchev–Trinajstić information content (AvgIpc) is 3.58. The summed E-state index contributed by atoms with van der Waals surface area (Å²) in [4.78, 5) is 0. The van der Waals surface area contributed by atoms with Gasteiger partial charge in [0.1, 0.15) is 46.9 Å². The Balaban J connectivity index is 1.34. The topological polar surface area (TPSA) is 147 Å². The molecule has 246 valence electrons. The second-order valence-electron chi connectivity index (χ2n) is 12.0. The largest absolute Gasteiger partial charge is 0.394 e. The van der Waals surface area contributed by atoms with Gasteiger partial charge in [0, 0.05) is 29.9 Å². The Kier molecular flexibility index (Phi) is 8.75. The summed E-state index contributed by atoms with van der Waals surface area (Å²) >= 11 is 0.921. The van der Waals surface area contributed by atoms with Crippen molar-refractivity contribution in [3.8, 4) is 11.3 Å². The molecule has 16 heteroatoms. The lowest BCUT2D eigenvalue weighted by atomic mass is 9.78. The van der Waals surface area contributed by atoms with Gasteiger partial charge in [-0.15, -0.1) is 16.9 Å². The summed E-state index contributed by atoms with van der Waals surface area (Å²) < 4.78 is 82.4.